The van der Waals surface area contributed by atoms with Crippen LogP contribution in [0.3, 0.4) is 0 Å². The van der Waals surface area contributed by atoms with Gasteiger partial charge < -0.3 is 10.1 Å². The normalized spacial score (nSPS) is 11.9. The lowest BCUT2D eigenvalue weighted by Crippen LogP contribution is -2.33. The van der Waals surface area contributed by atoms with E-state index in [0.29, 0.717) is 12.1 Å². The number of ether oxygens (including phenoxy) is 1. The van der Waals surface area contributed by atoms with E-state index in [1.807, 2.05) is 6.92 Å². The van der Waals surface area contributed by atoms with Gasteiger partial charge in [-0.2, -0.15) is 0 Å². The molecular weight excluding hydrogens is 202 g/mol. The van der Waals surface area contributed by atoms with Crippen LogP contribution in [0.1, 0.15) is 17.3 Å². The molecule has 0 radical (unpaired) electrons. The molecule has 0 aromatic heterocycles. The third kappa shape index (κ3) is 3.21. The Morgan fingerprint density at radius 1 is 1.50 bits per heavy atom. The molecule has 3 heteroatoms. The Morgan fingerprint density at radius 2 is 2.12 bits per heavy atom. The number of benzene rings is 1. The van der Waals surface area contributed by atoms with Gasteiger partial charge in [0.05, 0.1) is 13.2 Å². The molecule has 0 fully saturated rings. The first-order valence-electron chi connectivity index (χ1n) is 5.21. The molecule has 0 aliphatic rings. The van der Waals surface area contributed by atoms with E-state index >= 15 is 0 Å². The molecule has 0 aliphatic heterocycles. The molecule has 0 amide bonds. The first kappa shape index (κ1) is 12.5. The fraction of sp³-hybridized carbons (Fsp3) is 0.308. The van der Waals surface area contributed by atoms with E-state index in [-0.39, 0.29) is 11.8 Å². The van der Waals surface area contributed by atoms with Crippen molar-refractivity contribution in [2.45, 2.75) is 13.0 Å². The largest absolute Gasteiger partial charge is 0.497 e. The van der Waals surface area contributed by atoms with E-state index in [9.17, 15) is 4.79 Å². The van der Waals surface area contributed by atoms with Crippen molar-refractivity contribution < 1.29 is 9.53 Å². The maximum atomic E-state index is 11.9. The Labute approximate surface area is 96.1 Å². The van der Waals surface area contributed by atoms with Crippen LogP contribution >= 0.6 is 0 Å². The quantitative estimate of drug-likeness (QED) is 0.587. The topological polar surface area (TPSA) is 38.3 Å². The van der Waals surface area contributed by atoms with Crippen LogP contribution in [0, 0.1) is 0 Å². The van der Waals surface area contributed by atoms with Crippen molar-refractivity contribution >= 4 is 5.78 Å². The molecule has 0 aliphatic carbocycles. The van der Waals surface area contributed by atoms with Crippen molar-refractivity contribution in [3.63, 3.8) is 0 Å². The van der Waals surface area contributed by atoms with Crippen molar-refractivity contribution in [3.05, 3.63) is 42.5 Å². The lowest BCUT2D eigenvalue weighted by atomic mass is 10.1. The summed E-state index contributed by atoms with van der Waals surface area (Å²) >= 11 is 0. The summed E-state index contributed by atoms with van der Waals surface area (Å²) < 4.78 is 5.03. The van der Waals surface area contributed by atoms with Gasteiger partial charge in [0.25, 0.3) is 0 Å². The van der Waals surface area contributed by atoms with Crippen molar-refractivity contribution in [2.24, 2.45) is 0 Å². The summed E-state index contributed by atoms with van der Waals surface area (Å²) in [6, 6.07) is 6.91. The van der Waals surface area contributed by atoms with E-state index < -0.39 is 0 Å². The molecule has 0 saturated carbocycles. The van der Waals surface area contributed by atoms with Gasteiger partial charge in [0.15, 0.2) is 5.78 Å². The van der Waals surface area contributed by atoms with E-state index in [0.717, 1.165) is 5.75 Å². The molecule has 1 aromatic carbocycles. The third-order valence-corrected chi connectivity index (χ3v) is 2.34. The van der Waals surface area contributed by atoms with Crippen LogP contribution in [0.2, 0.25) is 0 Å². The van der Waals surface area contributed by atoms with Crippen LogP contribution < -0.4 is 10.1 Å². The molecular formula is C13H17NO2. The Hall–Kier alpha value is -1.61. The number of Topliss-reactive ketones (excluding diaryl/α,β-unsaturated/α-hetero) is 1. The van der Waals surface area contributed by atoms with Gasteiger partial charge in [-0.3, -0.25) is 4.79 Å². The molecule has 16 heavy (non-hydrogen) atoms. The number of nitrogens with one attached hydrogen (secondary N) is 1. The number of carbonyl (C=O) groups is 1. The van der Waals surface area contributed by atoms with E-state index in [2.05, 4.69) is 11.9 Å². The molecule has 0 saturated heterocycles. The monoisotopic (exact) mass is 219 g/mol. The van der Waals surface area contributed by atoms with Crippen molar-refractivity contribution in [1.29, 1.82) is 0 Å². The zero-order valence-corrected chi connectivity index (χ0v) is 9.69. The zero-order chi connectivity index (χ0) is 12.0. The van der Waals surface area contributed by atoms with Gasteiger partial charge in [0, 0.05) is 12.1 Å². The summed E-state index contributed by atoms with van der Waals surface area (Å²) in [7, 11) is 1.60. The maximum absolute atomic E-state index is 11.9. The summed E-state index contributed by atoms with van der Waals surface area (Å²) in [5.41, 5.74) is 0.685. The van der Waals surface area contributed by atoms with Crippen LogP contribution in [-0.4, -0.2) is 25.5 Å². The number of carbonyl (C=O) groups excluding carboxylic acids is 1. The summed E-state index contributed by atoms with van der Waals surface area (Å²) in [6.07, 6.45) is 1.73. The summed E-state index contributed by atoms with van der Waals surface area (Å²) in [5, 5.41) is 3.06. The molecule has 1 atom stereocenters. The Morgan fingerprint density at radius 3 is 2.62 bits per heavy atom. The summed E-state index contributed by atoms with van der Waals surface area (Å²) in [6.45, 7) is 6.07. The van der Waals surface area contributed by atoms with Crippen LogP contribution in [-0.2, 0) is 0 Å². The fourth-order valence-corrected chi connectivity index (χ4v) is 1.36. The second-order valence-electron chi connectivity index (χ2n) is 3.51. The molecule has 1 aromatic rings. The number of hydrogen-bond acceptors (Lipinski definition) is 3. The number of ketones is 1. The first-order chi connectivity index (χ1) is 7.69. The predicted octanol–water partition coefficient (Wildman–Crippen LogP) is 2.04. The average Bonchev–Trinajstić information content (AvgIpc) is 2.35. The van der Waals surface area contributed by atoms with Gasteiger partial charge in [-0.25, -0.2) is 0 Å². The highest BCUT2D eigenvalue weighted by molar-refractivity contribution is 5.99. The third-order valence-electron chi connectivity index (χ3n) is 2.34. The zero-order valence-electron chi connectivity index (χ0n) is 9.69. The molecule has 1 unspecified atom stereocenters. The molecule has 0 heterocycles. The van der Waals surface area contributed by atoms with Gasteiger partial charge in [-0.1, -0.05) is 6.08 Å². The van der Waals surface area contributed by atoms with E-state index in [4.69, 9.17) is 4.74 Å². The van der Waals surface area contributed by atoms with Gasteiger partial charge in [-0.05, 0) is 31.2 Å². The predicted molar refractivity (Wildman–Crippen MR) is 65.0 cm³/mol. The van der Waals surface area contributed by atoms with Gasteiger partial charge >= 0.3 is 0 Å². The molecule has 3 nitrogen and oxygen atoms in total. The minimum atomic E-state index is -0.202. The molecule has 0 spiro atoms. The van der Waals surface area contributed by atoms with Crippen molar-refractivity contribution in [1.82, 2.24) is 5.32 Å². The second-order valence-corrected chi connectivity index (χ2v) is 3.51. The van der Waals surface area contributed by atoms with Gasteiger partial charge in [0.2, 0.25) is 0 Å². The minimum Gasteiger partial charge on any atom is -0.497 e. The van der Waals surface area contributed by atoms with Crippen LogP contribution in [0.25, 0.3) is 0 Å². The lowest BCUT2D eigenvalue weighted by Gasteiger charge is -2.11. The standard InChI is InChI=1S/C13H17NO2/c1-4-9-14-10(2)13(15)11-5-7-12(16-3)8-6-11/h4-8,10,14H,1,9H2,2-3H3. The maximum Gasteiger partial charge on any atom is 0.179 e. The summed E-state index contributed by atoms with van der Waals surface area (Å²) in [4.78, 5) is 11.9. The average molecular weight is 219 g/mol. The lowest BCUT2D eigenvalue weighted by molar-refractivity contribution is 0.0953. The van der Waals surface area contributed by atoms with Crippen molar-refractivity contribution in [2.75, 3.05) is 13.7 Å². The molecule has 0 bridgehead atoms. The summed E-state index contributed by atoms with van der Waals surface area (Å²) in [5.74, 6) is 0.827. The van der Waals surface area contributed by atoms with Crippen LogP contribution in [0.15, 0.2) is 36.9 Å². The van der Waals surface area contributed by atoms with Gasteiger partial charge in [-0.15, -0.1) is 6.58 Å². The Bertz CT molecular complexity index is 357. The molecule has 86 valence electrons. The second kappa shape index (κ2) is 6.08. The van der Waals surface area contributed by atoms with Crippen LogP contribution in [0.4, 0.5) is 0 Å². The number of rotatable bonds is 6. The van der Waals surface area contributed by atoms with E-state index in [1.165, 1.54) is 0 Å². The van der Waals surface area contributed by atoms with Gasteiger partial charge in [0.1, 0.15) is 5.75 Å². The number of hydrogen-bond donors (Lipinski definition) is 1. The van der Waals surface area contributed by atoms with Crippen LogP contribution in [0.5, 0.6) is 5.75 Å². The fourth-order valence-electron chi connectivity index (χ4n) is 1.36. The SMILES string of the molecule is C=CCNC(C)C(=O)c1ccc(OC)cc1. The molecule has 1 N–H and O–H groups in total. The van der Waals surface area contributed by atoms with Crippen molar-refractivity contribution in [3.8, 4) is 5.75 Å². The minimum absolute atomic E-state index is 0.0736. The highest BCUT2D eigenvalue weighted by atomic mass is 16.5. The molecule has 1 rings (SSSR count). The number of methoxy groups -OCH3 is 1. The highest BCUT2D eigenvalue weighted by Gasteiger charge is 2.13. The van der Waals surface area contributed by atoms with E-state index in [1.54, 1.807) is 37.5 Å². The highest BCUT2D eigenvalue weighted by Crippen LogP contribution is 2.12. The first-order valence-corrected chi connectivity index (χ1v) is 5.21. The smallest absolute Gasteiger partial charge is 0.179 e. The Kier molecular flexibility index (Phi) is 4.73. The Balaban J connectivity index is 2.68.